The third-order valence-corrected chi connectivity index (χ3v) is 3.76. The van der Waals surface area contributed by atoms with Gasteiger partial charge >= 0.3 is 0 Å². The van der Waals surface area contributed by atoms with Crippen molar-refractivity contribution in [3.8, 4) is 0 Å². The molecule has 0 aromatic heterocycles. The lowest BCUT2D eigenvalue weighted by Crippen LogP contribution is -2.48. The van der Waals surface area contributed by atoms with Crippen LogP contribution in [0.3, 0.4) is 0 Å². The molecule has 1 aliphatic rings. The fraction of sp³-hybridized carbons (Fsp3) is 0.500. The van der Waals surface area contributed by atoms with Crippen LogP contribution in [0.5, 0.6) is 0 Å². The van der Waals surface area contributed by atoms with Crippen LogP contribution in [0, 0.1) is 17.0 Å². The molecule has 0 N–H and O–H groups in total. The zero-order valence-electron chi connectivity index (χ0n) is 11.8. The molecule has 0 unspecified atom stereocenters. The number of nitrogens with zero attached hydrogens (tertiary/aromatic N) is 3. The van der Waals surface area contributed by atoms with Crippen molar-refractivity contribution in [3.63, 3.8) is 0 Å². The van der Waals surface area contributed by atoms with Crippen LogP contribution in [0.1, 0.15) is 22.8 Å². The third-order valence-electron chi connectivity index (χ3n) is 3.76. The van der Waals surface area contributed by atoms with Gasteiger partial charge in [0.25, 0.3) is 11.6 Å². The van der Waals surface area contributed by atoms with Gasteiger partial charge in [-0.05, 0) is 25.1 Å². The first-order valence-corrected chi connectivity index (χ1v) is 6.79. The predicted octanol–water partition coefficient (Wildman–Crippen LogP) is 1.68. The van der Waals surface area contributed by atoms with Crippen molar-refractivity contribution in [1.82, 2.24) is 9.80 Å². The number of carbonyl (C=O) groups excluding carboxylic acids is 1. The van der Waals surface area contributed by atoms with Crippen molar-refractivity contribution < 1.29 is 9.72 Å². The Kier molecular flexibility index (Phi) is 4.34. The molecule has 20 heavy (non-hydrogen) atoms. The molecule has 1 saturated heterocycles. The quantitative estimate of drug-likeness (QED) is 0.623. The van der Waals surface area contributed by atoms with Crippen molar-refractivity contribution in [2.24, 2.45) is 0 Å². The summed E-state index contributed by atoms with van der Waals surface area (Å²) in [5, 5.41) is 10.7. The highest BCUT2D eigenvalue weighted by Crippen LogP contribution is 2.19. The van der Waals surface area contributed by atoms with Crippen LogP contribution < -0.4 is 0 Å². The Hall–Kier alpha value is -1.95. The lowest BCUT2D eigenvalue weighted by atomic mass is 10.1. The summed E-state index contributed by atoms with van der Waals surface area (Å²) in [5.74, 6) is -0.0341. The van der Waals surface area contributed by atoms with E-state index in [0.717, 1.165) is 19.6 Å². The van der Waals surface area contributed by atoms with E-state index >= 15 is 0 Å². The van der Waals surface area contributed by atoms with Crippen LogP contribution in [0.25, 0.3) is 0 Å². The van der Waals surface area contributed by atoms with E-state index < -0.39 is 4.92 Å². The molecule has 1 aliphatic heterocycles. The van der Waals surface area contributed by atoms with E-state index in [-0.39, 0.29) is 11.6 Å². The molecular formula is C14H19N3O3. The number of likely N-dealkylation sites (N-methyl/N-ethyl adjacent to an activating group) is 1. The SMILES string of the molecule is CCN1CCN(C(=O)c2ccc([N+](=O)[O-])cc2C)CC1. The molecule has 1 heterocycles. The minimum Gasteiger partial charge on any atom is -0.336 e. The average molecular weight is 277 g/mol. The van der Waals surface area contributed by atoms with Crippen LogP contribution in [0.4, 0.5) is 5.69 Å². The second-order valence-corrected chi connectivity index (χ2v) is 4.98. The monoisotopic (exact) mass is 277 g/mol. The lowest BCUT2D eigenvalue weighted by molar-refractivity contribution is -0.384. The summed E-state index contributed by atoms with van der Waals surface area (Å²) in [6, 6.07) is 4.40. The number of hydrogen-bond acceptors (Lipinski definition) is 4. The van der Waals surface area contributed by atoms with Gasteiger partial charge in [0, 0.05) is 43.9 Å². The molecule has 1 fully saturated rings. The van der Waals surface area contributed by atoms with E-state index in [0.29, 0.717) is 24.2 Å². The maximum atomic E-state index is 12.4. The van der Waals surface area contributed by atoms with Gasteiger partial charge < -0.3 is 9.80 Å². The third kappa shape index (κ3) is 2.96. The summed E-state index contributed by atoms with van der Waals surface area (Å²) in [7, 11) is 0. The predicted molar refractivity (Wildman–Crippen MR) is 75.9 cm³/mol. The zero-order chi connectivity index (χ0) is 14.7. The molecule has 1 amide bonds. The Balaban J connectivity index is 2.12. The fourth-order valence-electron chi connectivity index (χ4n) is 2.44. The van der Waals surface area contributed by atoms with Gasteiger partial charge in [0.1, 0.15) is 0 Å². The first-order valence-electron chi connectivity index (χ1n) is 6.79. The van der Waals surface area contributed by atoms with Crippen LogP contribution in [-0.4, -0.2) is 53.4 Å². The van der Waals surface area contributed by atoms with Crippen molar-refractivity contribution in [2.75, 3.05) is 32.7 Å². The first kappa shape index (κ1) is 14.5. The minimum atomic E-state index is -0.443. The molecular weight excluding hydrogens is 258 g/mol. The number of hydrogen-bond donors (Lipinski definition) is 0. The number of benzene rings is 1. The summed E-state index contributed by atoms with van der Waals surface area (Å²) in [4.78, 5) is 26.8. The number of piperazine rings is 1. The highest BCUT2D eigenvalue weighted by atomic mass is 16.6. The van der Waals surface area contributed by atoms with Gasteiger partial charge in [-0.2, -0.15) is 0 Å². The number of carbonyl (C=O) groups is 1. The highest BCUT2D eigenvalue weighted by Gasteiger charge is 2.23. The van der Waals surface area contributed by atoms with E-state index in [4.69, 9.17) is 0 Å². The highest BCUT2D eigenvalue weighted by molar-refractivity contribution is 5.96. The topological polar surface area (TPSA) is 66.7 Å². The van der Waals surface area contributed by atoms with Crippen molar-refractivity contribution in [3.05, 3.63) is 39.4 Å². The Morgan fingerprint density at radius 3 is 2.45 bits per heavy atom. The maximum Gasteiger partial charge on any atom is 0.269 e. The Morgan fingerprint density at radius 1 is 1.30 bits per heavy atom. The Morgan fingerprint density at radius 2 is 1.95 bits per heavy atom. The number of nitro benzene ring substituents is 1. The molecule has 0 bridgehead atoms. The van der Waals surface area contributed by atoms with Gasteiger partial charge in [-0.15, -0.1) is 0 Å². The van der Waals surface area contributed by atoms with Crippen LogP contribution in [-0.2, 0) is 0 Å². The van der Waals surface area contributed by atoms with Crippen molar-refractivity contribution >= 4 is 11.6 Å². The Labute approximate surface area is 118 Å². The molecule has 2 rings (SSSR count). The van der Waals surface area contributed by atoms with Gasteiger partial charge in [0.15, 0.2) is 0 Å². The van der Waals surface area contributed by atoms with Crippen molar-refractivity contribution in [1.29, 1.82) is 0 Å². The fourth-order valence-corrected chi connectivity index (χ4v) is 2.44. The van der Waals surface area contributed by atoms with Gasteiger partial charge in [-0.1, -0.05) is 6.92 Å². The van der Waals surface area contributed by atoms with E-state index in [2.05, 4.69) is 11.8 Å². The van der Waals surface area contributed by atoms with Gasteiger partial charge in [0.05, 0.1) is 4.92 Å². The van der Waals surface area contributed by atoms with Gasteiger partial charge in [-0.3, -0.25) is 14.9 Å². The standard InChI is InChI=1S/C14H19N3O3/c1-3-15-6-8-16(9-7-15)14(18)13-5-4-12(17(19)20)10-11(13)2/h4-5,10H,3,6-9H2,1-2H3. The molecule has 108 valence electrons. The van der Waals surface area contributed by atoms with Gasteiger partial charge in [0.2, 0.25) is 0 Å². The number of non-ortho nitro benzene ring substituents is 1. The molecule has 0 saturated carbocycles. The summed E-state index contributed by atoms with van der Waals surface area (Å²) >= 11 is 0. The molecule has 1 aromatic rings. The minimum absolute atomic E-state index is 0.0230. The average Bonchev–Trinajstić information content (AvgIpc) is 2.46. The second kappa shape index (κ2) is 6.00. The molecule has 1 aromatic carbocycles. The first-order chi connectivity index (χ1) is 9.52. The van der Waals surface area contributed by atoms with E-state index in [1.807, 2.05) is 4.90 Å². The van der Waals surface area contributed by atoms with Crippen LogP contribution >= 0.6 is 0 Å². The molecule has 0 radical (unpaired) electrons. The summed E-state index contributed by atoms with van der Waals surface area (Å²) < 4.78 is 0. The number of amides is 1. The van der Waals surface area contributed by atoms with Crippen LogP contribution in [0.2, 0.25) is 0 Å². The molecule has 0 aliphatic carbocycles. The van der Waals surface area contributed by atoms with E-state index in [9.17, 15) is 14.9 Å². The smallest absolute Gasteiger partial charge is 0.269 e. The molecule has 6 heteroatoms. The summed E-state index contributed by atoms with van der Waals surface area (Å²) in [6.45, 7) is 8.04. The largest absolute Gasteiger partial charge is 0.336 e. The zero-order valence-corrected chi connectivity index (χ0v) is 11.8. The summed E-state index contributed by atoms with van der Waals surface area (Å²) in [5.41, 5.74) is 1.23. The van der Waals surface area contributed by atoms with E-state index in [1.54, 1.807) is 13.0 Å². The van der Waals surface area contributed by atoms with Gasteiger partial charge in [-0.25, -0.2) is 0 Å². The summed E-state index contributed by atoms with van der Waals surface area (Å²) in [6.07, 6.45) is 0. The molecule has 6 nitrogen and oxygen atoms in total. The Bertz CT molecular complexity index is 522. The molecule has 0 atom stereocenters. The van der Waals surface area contributed by atoms with E-state index in [1.165, 1.54) is 12.1 Å². The normalized spacial score (nSPS) is 16.2. The number of aryl methyl sites for hydroxylation is 1. The maximum absolute atomic E-state index is 12.4. The number of nitro groups is 1. The lowest BCUT2D eigenvalue weighted by Gasteiger charge is -2.34. The second-order valence-electron chi connectivity index (χ2n) is 4.98. The van der Waals surface area contributed by atoms with Crippen LogP contribution in [0.15, 0.2) is 18.2 Å². The molecule has 0 spiro atoms. The van der Waals surface area contributed by atoms with Crippen molar-refractivity contribution in [2.45, 2.75) is 13.8 Å². The number of rotatable bonds is 3.